The van der Waals surface area contributed by atoms with Crippen molar-refractivity contribution < 1.29 is 24.2 Å². The number of carboxylic acids is 1. The number of hydrogen-bond donors (Lipinski definition) is 1. The molecule has 1 N–H and O–H groups in total. The zero-order valence-electron chi connectivity index (χ0n) is 16.4. The number of carbonyl (C=O) groups excluding carboxylic acids is 1. The zero-order chi connectivity index (χ0) is 22.4. The second-order valence-corrected chi connectivity index (χ2v) is 8.11. The van der Waals surface area contributed by atoms with E-state index in [-0.39, 0.29) is 21.7 Å². The van der Waals surface area contributed by atoms with Crippen molar-refractivity contribution in [3.05, 3.63) is 63.0 Å². The quantitative estimate of drug-likeness (QED) is 0.550. The fraction of sp³-hybridized carbons (Fsp3) is 0.190. The number of halogens is 2. The van der Waals surface area contributed by atoms with Crippen molar-refractivity contribution in [2.45, 2.75) is 0 Å². The van der Waals surface area contributed by atoms with Gasteiger partial charge >= 0.3 is 5.97 Å². The van der Waals surface area contributed by atoms with Gasteiger partial charge in [0.1, 0.15) is 0 Å². The van der Waals surface area contributed by atoms with E-state index in [0.29, 0.717) is 28.8 Å². The fourth-order valence-corrected chi connectivity index (χ4v) is 4.31. The predicted octanol–water partition coefficient (Wildman–Crippen LogP) is 4.71. The topological polar surface area (TPSA) is 88.4 Å². The molecule has 1 amide bonds. The molecule has 3 rings (SSSR count). The van der Waals surface area contributed by atoms with Crippen LogP contribution < -0.4 is 4.74 Å². The molecule has 1 heterocycles. The van der Waals surface area contributed by atoms with Gasteiger partial charge in [-0.3, -0.25) is 9.69 Å². The number of hydrogen-bond acceptors (Lipinski definition) is 6. The minimum Gasteiger partial charge on any atom is -0.479 e. The summed E-state index contributed by atoms with van der Waals surface area (Å²) in [6.45, 7) is 0.150. The van der Waals surface area contributed by atoms with Crippen LogP contribution in [0.4, 0.5) is 5.69 Å². The Bertz CT molecular complexity index is 1020. The Balaban J connectivity index is 1.90. The number of amidine groups is 1. The molecule has 2 aromatic carbocycles. The summed E-state index contributed by atoms with van der Waals surface area (Å²) in [5.74, 6) is -1.28. The van der Waals surface area contributed by atoms with Crippen molar-refractivity contribution in [2.24, 2.45) is 4.99 Å². The molecule has 1 aliphatic rings. The number of aliphatic imine (C=N–C) groups is 1. The van der Waals surface area contributed by atoms with Crippen LogP contribution >= 0.6 is 35.0 Å². The Hall–Kier alpha value is -2.52. The Labute approximate surface area is 193 Å². The van der Waals surface area contributed by atoms with Crippen LogP contribution in [0, 0.1) is 0 Å². The lowest BCUT2D eigenvalue weighted by Crippen LogP contribution is -2.32. The third kappa shape index (κ3) is 6.01. The molecular formula is C21H18Cl2N2O5S. The zero-order valence-corrected chi connectivity index (χ0v) is 18.7. The summed E-state index contributed by atoms with van der Waals surface area (Å²) < 4.78 is 10.2. The molecular weight excluding hydrogens is 463 g/mol. The number of para-hydroxylation sites is 1. The van der Waals surface area contributed by atoms with Crippen molar-refractivity contribution in [3.63, 3.8) is 0 Å². The molecule has 31 heavy (non-hydrogen) atoms. The van der Waals surface area contributed by atoms with Crippen LogP contribution in [0.2, 0.25) is 10.0 Å². The SMILES string of the molecule is COCCN1C(=O)/C(=C\c2cc(Cl)c(OCC(=O)O)c(Cl)c2)SC1=Nc1ccccc1. The van der Waals surface area contributed by atoms with Gasteiger partial charge in [-0.2, -0.15) is 0 Å². The Morgan fingerprint density at radius 1 is 1.23 bits per heavy atom. The van der Waals surface area contributed by atoms with E-state index in [1.54, 1.807) is 30.2 Å². The van der Waals surface area contributed by atoms with Crippen molar-refractivity contribution in [3.8, 4) is 5.75 Å². The van der Waals surface area contributed by atoms with Crippen molar-refractivity contribution >= 4 is 63.8 Å². The number of rotatable bonds is 8. The molecule has 0 unspecified atom stereocenters. The van der Waals surface area contributed by atoms with E-state index in [1.807, 2.05) is 30.3 Å². The lowest BCUT2D eigenvalue weighted by atomic mass is 10.2. The summed E-state index contributed by atoms with van der Waals surface area (Å²) in [4.78, 5) is 30.3. The van der Waals surface area contributed by atoms with E-state index in [4.69, 9.17) is 37.8 Å². The number of thioether (sulfide) groups is 1. The first-order valence-electron chi connectivity index (χ1n) is 9.06. The lowest BCUT2D eigenvalue weighted by Gasteiger charge is -2.14. The highest BCUT2D eigenvalue weighted by Gasteiger charge is 2.33. The lowest BCUT2D eigenvalue weighted by molar-refractivity contribution is -0.139. The van der Waals surface area contributed by atoms with Gasteiger partial charge in [-0.1, -0.05) is 41.4 Å². The highest BCUT2D eigenvalue weighted by atomic mass is 35.5. The Morgan fingerprint density at radius 2 is 1.90 bits per heavy atom. The van der Waals surface area contributed by atoms with E-state index in [9.17, 15) is 9.59 Å². The maximum atomic E-state index is 13.0. The van der Waals surface area contributed by atoms with Gasteiger partial charge in [0, 0.05) is 7.11 Å². The van der Waals surface area contributed by atoms with Gasteiger partial charge in [0.05, 0.1) is 33.8 Å². The van der Waals surface area contributed by atoms with Crippen LogP contribution in [0.5, 0.6) is 5.75 Å². The van der Waals surface area contributed by atoms with Crippen LogP contribution in [0.1, 0.15) is 5.56 Å². The molecule has 0 radical (unpaired) electrons. The highest BCUT2D eigenvalue weighted by Crippen LogP contribution is 2.38. The van der Waals surface area contributed by atoms with Crippen LogP contribution in [0.15, 0.2) is 52.4 Å². The van der Waals surface area contributed by atoms with Gasteiger partial charge in [-0.25, -0.2) is 9.79 Å². The van der Waals surface area contributed by atoms with Crippen molar-refractivity contribution in [1.29, 1.82) is 0 Å². The number of ether oxygens (including phenoxy) is 2. The number of benzene rings is 2. The smallest absolute Gasteiger partial charge is 0.341 e. The van der Waals surface area contributed by atoms with Crippen molar-refractivity contribution in [1.82, 2.24) is 4.90 Å². The standard InChI is InChI=1S/C21H18Cl2N2O5S/c1-29-8-7-25-20(28)17(31-21(25)24-14-5-3-2-4-6-14)11-13-9-15(22)19(16(23)10-13)30-12-18(26)27/h2-6,9-11H,7-8,12H2,1H3,(H,26,27)/b17-11+,24-21?. The highest BCUT2D eigenvalue weighted by molar-refractivity contribution is 8.18. The van der Waals surface area contributed by atoms with Crippen molar-refractivity contribution in [2.75, 3.05) is 26.9 Å². The number of nitrogens with zero attached hydrogens (tertiary/aromatic N) is 2. The van der Waals surface area contributed by atoms with Gasteiger partial charge in [0.25, 0.3) is 5.91 Å². The summed E-state index contributed by atoms with van der Waals surface area (Å²) >= 11 is 13.6. The first-order valence-corrected chi connectivity index (χ1v) is 10.6. The van der Waals surface area contributed by atoms with E-state index in [2.05, 4.69) is 4.99 Å². The summed E-state index contributed by atoms with van der Waals surface area (Å²) in [5.41, 5.74) is 1.30. The molecule has 1 saturated heterocycles. The van der Waals surface area contributed by atoms with Gasteiger partial charge in [0.2, 0.25) is 0 Å². The maximum absolute atomic E-state index is 13.0. The molecule has 1 aliphatic heterocycles. The molecule has 0 bridgehead atoms. The van der Waals surface area contributed by atoms with Gasteiger partial charge in [-0.05, 0) is 47.7 Å². The van der Waals surface area contributed by atoms with Crippen LogP contribution in [0.3, 0.4) is 0 Å². The van der Waals surface area contributed by atoms with Crippen LogP contribution in [-0.2, 0) is 14.3 Å². The van der Waals surface area contributed by atoms with Crippen LogP contribution in [-0.4, -0.2) is 53.9 Å². The second kappa shape index (κ2) is 10.7. The number of aliphatic carboxylic acids is 1. The molecule has 10 heteroatoms. The Morgan fingerprint density at radius 3 is 2.52 bits per heavy atom. The average Bonchev–Trinajstić information content (AvgIpc) is 3.00. The number of methoxy groups -OCH3 is 1. The maximum Gasteiger partial charge on any atom is 0.341 e. The average molecular weight is 481 g/mol. The molecule has 2 aromatic rings. The minimum atomic E-state index is -1.15. The minimum absolute atomic E-state index is 0.0753. The number of amides is 1. The van der Waals surface area contributed by atoms with E-state index in [0.717, 1.165) is 5.69 Å². The summed E-state index contributed by atoms with van der Waals surface area (Å²) in [6, 6.07) is 12.4. The summed E-state index contributed by atoms with van der Waals surface area (Å²) in [7, 11) is 1.57. The molecule has 7 nitrogen and oxygen atoms in total. The fourth-order valence-electron chi connectivity index (χ4n) is 2.67. The van der Waals surface area contributed by atoms with Crippen LogP contribution in [0.25, 0.3) is 6.08 Å². The molecule has 0 saturated carbocycles. The van der Waals surface area contributed by atoms with Gasteiger partial charge in [-0.15, -0.1) is 0 Å². The molecule has 0 spiro atoms. The third-order valence-electron chi connectivity index (χ3n) is 4.05. The van der Waals surface area contributed by atoms with E-state index >= 15 is 0 Å². The van der Waals surface area contributed by atoms with E-state index in [1.165, 1.54) is 11.8 Å². The number of carbonyl (C=O) groups is 2. The second-order valence-electron chi connectivity index (χ2n) is 6.29. The monoisotopic (exact) mass is 480 g/mol. The molecule has 0 aromatic heterocycles. The number of carboxylic acid groups (broad SMARTS) is 1. The largest absolute Gasteiger partial charge is 0.479 e. The van der Waals surface area contributed by atoms with Gasteiger partial charge < -0.3 is 14.6 Å². The van der Waals surface area contributed by atoms with E-state index < -0.39 is 12.6 Å². The predicted molar refractivity (Wildman–Crippen MR) is 122 cm³/mol. The molecule has 162 valence electrons. The summed E-state index contributed by atoms with van der Waals surface area (Å²) in [5, 5.41) is 9.59. The first kappa shape index (κ1) is 23.1. The molecule has 0 atom stereocenters. The summed E-state index contributed by atoms with van der Waals surface area (Å²) in [6.07, 6.45) is 1.65. The van der Waals surface area contributed by atoms with Gasteiger partial charge in [0.15, 0.2) is 17.5 Å². The Kier molecular flexibility index (Phi) is 7.97. The first-order chi connectivity index (χ1) is 14.9. The molecule has 0 aliphatic carbocycles. The third-order valence-corrected chi connectivity index (χ3v) is 5.61. The normalized spacial score (nSPS) is 16.4. The molecule has 1 fully saturated rings.